The van der Waals surface area contributed by atoms with E-state index in [2.05, 4.69) is 32.9 Å². The molecule has 1 aromatic rings. The Kier molecular flexibility index (Phi) is 12.9. The summed E-state index contributed by atoms with van der Waals surface area (Å²) in [5.74, 6) is 2.38. The molecule has 0 radical (unpaired) electrons. The van der Waals surface area contributed by atoms with Gasteiger partial charge in [-0.1, -0.05) is 56.1 Å². The molecule has 164 valence electrons. The zero-order chi connectivity index (χ0) is 21.6. The van der Waals surface area contributed by atoms with E-state index in [0.29, 0.717) is 25.7 Å². The van der Waals surface area contributed by atoms with Gasteiger partial charge in [0, 0.05) is 0 Å². The van der Waals surface area contributed by atoms with Gasteiger partial charge in [0.25, 0.3) is 0 Å². The Balaban J connectivity index is 2.53. The minimum atomic E-state index is 0.209. The fourth-order valence-corrected chi connectivity index (χ4v) is 3.07. The van der Waals surface area contributed by atoms with Crippen molar-refractivity contribution in [3.63, 3.8) is 0 Å². The average molecular weight is 444 g/mol. The number of rotatable bonds is 14. The van der Waals surface area contributed by atoms with E-state index in [4.69, 9.17) is 37.5 Å². The van der Waals surface area contributed by atoms with Crippen LogP contribution in [0.3, 0.4) is 0 Å². The van der Waals surface area contributed by atoms with Gasteiger partial charge in [-0.3, -0.25) is 0 Å². The summed E-state index contributed by atoms with van der Waals surface area (Å²) >= 11 is 11.3. The molecular formula is C23H35Cl2NO3. The van der Waals surface area contributed by atoms with Crippen molar-refractivity contribution in [2.24, 2.45) is 11.1 Å². The van der Waals surface area contributed by atoms with Crippen molar-refractivity contribution in [3.8, 4) is 11.5 Å². The summed E-state index contributed by atoms with van der Waals surface area (Å²) in [7, 11) is 0. The van der Waals surface area contributed by atoms with Gasteiger partial charge in [-0.2, -0.15) is 0 Å². The molecule has 0 spiro atoms. The van der Waals surface area contributed by atoms with E-state index in [9.17, 15) is 0 Å². The highest BCUT2D eigenvalue weighted by molar-refractivity contribution is 6.55. The first kappa shape index (κ1) is 25.6. The topological polar surface area (TPSA) is 40.0 Å². The normalized spacial score (nSPS) is 11.5. The molecule has 29 heavy (non-hydrogen) atoms. The van der Waals surface area contributed by atoms with Gasteiger partial charge in [-0.15, -0.1) is 0 Å². The van der Waals surface area contributed by atoms with Gasteiger partial charge < -0.3 is 14.3 Å². The Morgan fingerprint density at radius 1 is 1.03 bits per heavy atom. The molecule has 0 saturated carbocycles. The second kappa shape index (κ2) is 14.6. The van der Waals surface area contributed by atoms with E-state index in [1.54, 1.807) is 6.08 Å². The first-order valence-electron chi connectivity index (χ1n) is 10.4. The highest BCUT2D eigenvalue weighted by Crippen LogP contribution is 2.31. The fourth-order valence-electron chi connectivity index (χ4n) is 2.94. The van der Waals surface area contributed by atoms with Crippen LogP contribution >= 0.6 is 23.2 Å². The van der Waals surface area contributed by atoms with Crippen molar-refractivity contribution in [2.45, 2.75) is 66.7 Å². The van der Waals surface area contributed by atoms with Crippen LogP contribution in [0.1, 0.15) is 65.0 Å². The maximum atomic E-state index is 6.13. The van der Waals surface area contributed by atoms with E-state index in [0.717, 1.165) is 60.4 Å². The van der Waals surface area contributed by atoms with Crippen molar-refractivity contribution < 1.29 is 14.3 Å². The molecule has 0 aliphatic heterocycles. The molecule has 0 fully saturated rings. The molecule has 6 heteroatoms. The quantitative estimate of drug-likeness (QED) is 0.174. The summed E-state index contributed by atoms with van der Waals surface area (Å²) in [6.45, 7) is 12.2. The van der Waals surface area contributed by atoms with Crippen LogP contribution in [0.5, 0.6) is 11.5 Å². The van der Waals surface area contributed by atoms with Crippen molar-refractivity contribution in [1.29, 1.82) is 0 Å². The summed E-state index contributed by atoms with van der Waals surface area (Å²) in [5, 5.41) is 4.16. The predicted molar refractivity (Wildman–Crippen MR) is 124 cm³/mol. The molecule has 1 aromatic carbocycles. The Labute approximate surface area is 186 Å². The average Bonchev–Trinajstić information content (AvgIpc) is 2.66. The van der Waals surface area contributed by atoms with E-state index >= 15 is 0 Å². The lowest BCUT2D eigenvalue weighted by atomic mass is 10.0. The van der Waals surface area contributed by atoms with Gasteiger partial charge in [-0.25, -0.2) is 0 Å². The van der Waals surface area contributed by atoms with E-state index in [1.165, 1.54) is 0 Å². The maximum absolute atomic E-state index is 6.13. The molecule has 0 aromatic heterocycles. The van der Waals surface area contributed by atoms with E-state index in [1.807, 2.05) is 19.1 Å². The van der Waals surface area contributed by atoms with Gasteiger partial charge in [-0.05, 0) is 74.3 Å². The number of unbranched alkanes of at least 4 members (excludes halogenated alkanes) is 1. The number of hydrogen-bond acceptors (Lipinski definition) is 4. The summed E-state index contributed by atoms with van der Waals surface area (Å²) in [4.78, 5) is 5.40. The molecule has 0 aliphatic rings. The molecule has 0 amide bonds. The minimum absolute atomic E-state index is 0.209. The number of oxime groups is 1. The molecule has 0 unspecified atom stereocenters. The van der Waals surface area contributed by atoms with Gasteiger partial charge in [0.15, 0.2) is 0 Å². The predicted octanol–water partition coefficient (Wildman–Crippen LogP) is 7.11. The Morgan fingerprint density at radius 2 is 1.66 bits per heavy atom. The summed E-state index contributed by atoms with van der Waals surface area (Å²) in [5.41, 5.74) is 3.33. The summed E-state index contributed by atoms with van der Waals surface area (Å²) < 4.78 is 12.1. The standard InChI is InChI=1S/C23H35Cl2NO3/c1-6-19-15-21(27-13-10-22(24)25)16-20(7-2)23(19)28-11-8-9-12-29-26-18(5)14-17(3)4/h10,15-17H,6-9,11-14H2,1-5H3/b26-18+. The van der Waals surface area contributed by atoms with Crippen LogP contribution in [0.25, 0.3) is 0 Å². The highest BCUT2D eigenvalue weighted by Gasteiger charge is 2.11. The molecule has 4 nitrogen and oxygen atoms in total. The minimum Gasteiger partial charge on any atom is -0.493 e. The van der Waals surface area contributed by atoms with Crippen LogP contribution in [0.2, 0.25) is 0 Å². The second-order valence-electron chi connectivity index (χ2n) is 7.40. The lowest BCUT2D eigenvalue weighted by Gasteiger charge is -2.17. The SMILES string of the molecule is CCc1cc(OCC=C(Cl)Cl)cc(CC)c1OCCCCO/N=C(\C)CC(C)C. The van der Waals surface area contributed by atoms with Crippen LogP contribution in [0.4, 0.5) is 0 Å². The molecule has 1 rings (SSSR count). The lowest BCUT2D eigenvalue weighted by molar-refractivity contribution is 0.134. The lowest BCUT2D eigenvalue weighted by Crippen LogP contribution is -2.06. The number of aryl methyl sites for hydroxylation is 2. The zero-order valence-corrected chi connectivity index (χ0v) is 19.9. The Bertz CT molecular complexity index is 643. The number of hydrogen-bond donors (Lipinski definition) is 0. The van der Waals surface area contributed by atoms with E-state index in [-0.39, 0.29) is 4.49 Å². The molecular weight excluding hydrogens is 409 g/mol. The molecule has 0 aliphatic carbocycles. The number of benzene rings is 1. The molecule has 0 bridgehead atoms. The van der Waals surface area contributed by atoms with Gasteiger partial charge >= 0.3 is 0 Å². The zero-order valence-electron chi connectivity index (χ0n) is 18.4. The first-order chi connectivity index (χ1) is 13.9. The third kappa shape index (κ3) is 10.8. The second-order valence-corrected chi connectivity index (χ2v) is 8.40. The number of nitrogens with zero attached hydrogens (tertiary/aromatic N) is 1. The van der Waals surface area contributed by atoms with Crippen LogP contribution < -0.4 is 9.47 Å². The molecule has 0 heterocycles. The number of ether oxygens (including phenoxy) is 2. The fraction of sp³-hybridized carbons (Fsp3) is 0.609. The van der Waals surface area contributed by atoms with Crippen molar-refractivity contribution in [2.75, 3.05) is 19.8 Å². The van der Waals surface area contributed by atoms with Crippen LogP contribution in [0, 0.1) is 5.92 Å². The van der Waals surface area contributed by atoms with Crippen LogP contribution in [0.15, 0.2) is 27.9 Å². The van der Waals surface area contributed by atoms with Gasteiger partial charge in [0.1, 0.15) is 29.2 Å². The number of halogens is 2. The van der Waals surface area contributed by atoms with Crippen LogP contribution in [-0.4, -0.2) is 25.5 Å². The van der Waals surface area contributed by atoms with Crippen molar-refractivity contribution in [3.05, 3.63) is 33.8 Å². The Morgan fingerprint density at radius 3 is 2.21 bits per heavy atom. The summed E-state index contributed by atoms with van der Waals surface area (Å²) in [6, 6.07) is 4.06. The maximum Gasteiger partial charge on any atom is 0.125 e. The first-order valence-corrected chi connectivity index (χ1v) is 11.2. The molecule has 0 N–H and O–H groups in total. The van der Waals surface area contributed by atoms with Crippen molar-refractivity contribution in [1.82, 2.24) is 0 Å². The highest BCUT2D eigenvalue weighted by atomic mass is 35.5. The smallest absolute Gasteiger partial charge is 0.125 e. The molecule has 0 atom stereocenters. The summed E-state index contributed by atoms with van der Waals surface area (Å²) in [6.07, 6.45) is 6.17. The van der Waals surface area contributed by atoms with Crippen LogP contribution in [-0.2, 0) is 17.7 Å². The van der Waals surface area contributed by atoms with Gasteiger partial charge in [0.05, 0.1) is 12.3 Å². The third-order valence-corrected chi connectivity index (χ3v) is 4.57. The van der Waals surface area contributed by atoms with E-state index < -0.39 is 0 Å². The van der Waals surface area contributed by atoms with Crippen molar-refractivity contribution >= 4 is 28.9 Å². The largest absolute Gasteiger partial charge is 0.493 e. The Hall–Kier alpha value is -1.39. The van der Waals surface area contributed by atoms with Gasteiger partial charge in [0.2, 0.25) is 0 Å². The monoisotopic (exact) mass is 443 g/mol. The third-order valence-electron chi connectivity index (χ3n) is 4.27. The molecule has 0 saturated heterocycles.